The van der Waals surface area contributed by atoms with E-state index in [1.165, 1.54) is 36.5 Å². The van der Waals surface area contributed by atoms with Crippen molar-refractivity contribution >= 4 is 17.5 Å². The molecule has 0 radical (unpaired) electrons. The van der Waals surface area contributed by atoms with Gasteiger partial charge in [-0.05, 0) is 20.3 Å². The van der Waals surface area contributed by atoms with Gasteiger partial charge in [0.15, 0.2) is 11.5 Å². The van der Waals surface area contributed by atoms with Crippen LogP contribution in [0.3, 0.4) is 0 Å². The Labute approximate surface area is 218 Å². The van der Waals surface area contributed by atoms with Crippen LogP contribution in [0.25, 0.3) is 0 Å². The normalized spacial score (nSPS) is 19.2. The number of aryl methyl sites for hydroxylation is 1. The molecule has 0 spiro atoms. The minimum atomic E-state index is -4.70. The number of H-pyrrole nitrogens is 1. The summed E-state index contributed by atoms with van der Waals surface area (Å²) in [5.74, 6) is -2.34. The maximum Gasteiger partial charge on any atom is 0.408 e. The Morgan fingerprint density at radius 3 is 2.59 bits per heavy atom. The molecule has 3 aromatic rings. The van der Waals surface area contributed by atoms with Crippen LogP contribution in [0.5, 0.6) is 0 Å². The Kier molecular flexibility index (Phi) is 8.13. The van der Waals surface area contributed by atoms with Gasteiger partial charge in [0.1, 0.15) is 11.8 Å². The lowest BCUT2D eigenvalue weighted by molar-refractivity contribution is -0.152. The molecule has 210 valence electrons. The summed E-state index contributed by atoms with van der Waals surface area (Å²) in [7, 11) is 0. The summed E-state index contributed by atoms with van der Waals surface area (Å²) in [6.07, 6.45) is -2.44. The number of hydrogen-bond donors (Lipinski definition) is 1. The van der Waals surface area contributed by atoms with E-state index >= 15 is 0 Å². The van der Waals surface area contributed by atoms with E-state index in [2.05, 4.69) is 20.1 Å². The minimum absolute atomic E-state index is 0.116. The first-order valence-corrected chi connectivity index (χ1v) is 11.9. The maximum absolute atomic E-state index is 14.9. The summed E-state index contributed by atoms with van der Waals surface area (Å²) >= 11 is 0. The molecule has 16 heteroatoms. The van der Waals surface area contributed by atoms with Crippen molar-refractivity contribution in [2.24, 2.45) is 0 Å². The second-order valence-corrected chi connectivity index (χ2v) is 8.95. The number of aromatic amines is 1. The van der Waals surface area contributed by atoms with Gasteiger partial charge < -0.3 is 24.0 Å². The van der Waals surface area contributed by atoms with Gasteiger partial charge in [0.25, 0.3) is 11.1 Å². The highest BCUT2D eigenvalue weighted by Gasteiger charge is 2.48. The van der Waals surface area contributed by atoms with Crippen molar-refractivity contribution in [3.05, 3.63) is 62.6 Å². The Balaban J connectivity index is 0.000000438. The van der Waals surface area contributed by atoms with Crippen LogP contribution in [0.4, 0.5) is 29.3 Å². The Hall–Kier alpha value is -4.08. The number of fused-ring (bicyclic) bond motifs is 1. The van der Waals surface area contributed by atoms with E-state index in [4.69, 9.17) is 9.26 Å². The first kappa shape index (κ1) is 27.9. The predicted molar refractivity (Wildman–Crippen MR) is 128 cm³/mol. The number of Topliss-reactive ketones (excluding diaryl/α,β-unsaturated/α-hetero) is 1. The number of halogens is 4. The summed E-state index contributed by atoms with van der Waals surface area (Å²) in [6, 6.07) is 0.246. The van der Waals surface area contributed by atoms with Crippen LogP contribution in [0.2, 0.25) is 0 Å². The number of hydrogen-bond acceptors (Lipinski definition) is 10. The number of rotatable bonds is 4. The predicted octanol–water partition coefficient (Wildman–Crippen LogP) is 1.70. The first-order chi connectivity index (χ1) is 18.5. The largest absolute Gasteiger partial charge is 0.408 e. The second-order valence-electron chi connectivity index (χ2n) is 8.95. The summed E-state index contributed by atoms with van der Waals surface area (Å²) in [4.78, 5) is 47.8. The zero-order valence-electron chi connectivity index (χ0n) is 20.9. The molecule has 1 fully saturated rings. The summed E-state index contributed by atoms with van der Waals surface area (Å²) in [6.45, 7) is 2.85. The van der Waals surface area contributed by atoms with Crippen molar-refractivity contribution < 1.29 is 31.6 Å². The van der Waals surface area contributed by atoms with Crippen molar-refractivity contribution in [3.63, 3.8) is 0 Å². The number of ether oxygens (including phenoxy) is 1. The number of nitrogens with zero attached hydrogens (tertiary/aromatic N) is 6. The third-order valence-corrected chi connectivity index (χ3v) is 6.17. The fourth-order valence-electron chi connectivity index (χ4n) is 4.27. The lowest BCUT2D eigenvalue weighted by atomic mass is 10.1. The van der Waals surface area contributed by atoms with Crippen LogP contribution in [-0.4, -0.2) is 75.0 Å². The molecule has 5 heterocycles. The van der Waals surface area contributed by atoms with Crippen molar-refractivity contribution in [3.8, 4) is 0 Å². The lowest BCUT2D eigenvalue weighted by Gasteiger charge is -2.40. The minimum Gasteiger partial charge on any atom is -0.377 e. The molecule has 0 aliphatic carbocycles. The van der Waals surface area contributed by atoms with E-state index < -0.39 is 48.3 Å². The van der Waals surface area contributed by atoms with E-state index in [0.717, 1.165) is 4.57 Å². The van der Waals surface area contributed by atoms with Crippen molar-refractivity contribution in [2.75, 3.05) is 36.1 Å². The van der Waals surface area contributed by atoms with Crippen LogP contribution in [0.1, 0.15) is 29.6 Å². The van der Waals surface area contributed by atoms with Gasteiger partial charge in [-0.15, -0.1) is 0 Å². The standard InChI is InChI=1S/C19H21F4N5O4.C4H4N2O/c1-10-9-31-6-5-26(10)16-15(20)17(30)27-4-3-14(19(21,22)23)28(18(27)24-16)8-13(29)12-7-11(2)32-25-12;7-4-1-2-5-3-6-4/h7,10,14H,3-6,8-9H2,1-2H3;1-3H,(H,5,6,7)/t10-,14+;/m1./s1. The average molecular weight is 555 g/mol. The third-order valence-electron chi connectivity index (χ3n) is 6.17. The zero-order chi connectivity index (χ0) is 28.3. The highest BCUT2D eigenvalue weighted by Crippen LogP contribution is 2.35. The molecule has 0 aromatic carbocycles. The van der Waals surface area contributed by atoms with Crippen molar-refractivity contribution in [1.82, 2.24) is 24.7 Å². The molecule has 0 bridgehead atoms. The molecule has 2 aliphatic rings. The molecule has 0 saturated carbocycles. The number of alkyl halides is 3. The SMILES string of the molecule is Cc1cc(C(=O)CN2c3nc(N4CCOC[C@H]4C)c(F)c(=O)n3CC[C@H]2C(F)(F)F)no1.O=c1ccnc[nH]1. The molecule has 0 unspecified atom stereocenters. The Morgan fingerprint density at radius 2 is 2.03 bits per heavy atom. The number of ketones is 1. The van der Waals surface area contributed by atoms with Gasteiger partial charge in [0.2, 0.25) is 17.5 Å². The number of anilines is 2. The molecule has 0 amide bonds. The van der Waals surface area contributed by atoms with Gasteiger partial charge in [-0.2, -0.15) is 22.5 Å². The van der Waals surface area contributed by atoms with E-state index in [9.17, 15) is 31.9 Å². The van der Waals surface area contributed by atoms with Crippen LogP contribution in [0.15, 0.2) is 38.8 Å². The molecule has 2 atom stereocenters. The zero-order valence-corrected chi connectivity index (χ0v) is 20.9. The van der Waals surface area contributed by atoms with Gasteiger partial charge in [-0.25, -0.2) is 4.98 Å². The monoisotopic (exact) mass is 555 g/mol. The first-order valence-electron chi connectivity index (χ1n) is 11.9. The Morgan fingerprint density at radius 1 is 1.26 bits per heavy atom. The summed E-state index contributed by atoms with van der Waals surface area (Å²) in [5.41, 5.74) is -1.35. The van der Waals surface area contributed by atoms with Gasteiger partial charge in [-0.1, -0.05) is 5.16 Å². The van der Waals surface area contributed by atoms with Gasteiger partial charge in [0.05, 0.1) is 32.1 Å². The fraction of sp³-hybridized carbons (Fsp3) is 0.478. The average Bonchev–Trinajstić information content (AvgIpc) is 3.33. The van der Waals surface area contributed by atoms with Crippen molar-refractivity contribution in [1.29, 1.82) is 0 Å². The summed E-state index contributed by atoms with van der Waals surface area (Å²) in [5, 5.41) is 3.55. The number of nitrogens with one attached hydrogen (secondary N) is 1. The highest BCUT2D eigenvalue weighted by molar-refractivity contribution is 5.97. The summed E-state index contributed by atoms with van der Waals surface area (Å²) < 4.78 is 67.4. The maximum atomic E-state index is 14.9. The molecule has 2 aliphatic heterocycles. The quantitative estimate of drug-likeness (QED) is 0.374. The third kappa shape index (κ3) is 6.16. The van der Waals surface area contributed by atoms with E-state index in [1.807, 2.05) is 0 Å². The molecular weight excluding hydrogens is 530 g/mol. The second kappa shape index (κ2) is 11.3. The van der Waals surface area contributed by atoms with E-state index in [1.54, 1.807) is 6.92 Å². The molecule has 5 rings (SSSR count). The van der Waals surface area contributed by atoms with E-state index in [-0.39, 0.29) is 49.4 Å². The molecular formula is C23H25F4N7O5. The topological polar surface area (TPSA) is 139 Å². The fourth-order valence-corrected chi connectivity index (χ4v) is 4.27. The van der Waals surface area contributed by atoms with Gasteiger partial charge in [0, 0.05) is 31.4 Å². The number of aromatic nitrogens is 5. The number of morpholine rings is 1. The molecule has 1 N–H and O–H groups in total. The molecule has 1 saturated heterocycles. The number of carbonyl (C=O) groups is 1. The highest BCUT2D eigenvalue weighted by atomic mass is 19.4. The molecule has 3 aromatic heterocycles. The lowest BCUT2D eigenvalue weighted by Crippen LogP contribution is -2.55. The van der Waals surface area contributed by atoms with Gasteiger partial charge in [-0.3, -0.25) is 19.0 Å². The smallest absolute Gasteiger partial charge is 0.377 e. The van der Waals surface area contributed by atoms with Crippen LogP contribution < -0.4 is 20.9 Å². The van der Waals surface area contributed by atoms with Crippen LogP contribution in [0, 0.1) is 12.7 Å². The van der Waals surface area contributed by atoms with Crippen LogP contribution in [-0.2, 0) is 11.3 Å². The number of carbonyl (C=O) groups excluding carboxylic acids is 1. The van der Waals surface area contributed by atoms with Crippen LogP contribution >= 0.6 is 0 Å². The Bertz CT molecular complexity index is 1420. The van der Waals surface area contributed by atoms with Gasteiger partial charge >= 0.3 is 6.18 Å². The van der Waals surface area contributed by atoms with Crippen molar-refractivity contribution in [2.45, 2.75) is 45.1 Å². The molecule has 39 heavy (non-hydrogen) atoms. The molecule has 12 nitrogen and oxygen atoms in total. The van der Waals surface area contributed by atoms with E-state index in [0.29, 0.717) is 10.7 Å².